The van der Waals surface area contributed by atoms with Gasteiger partial charge < -0.3 is 5.11 Å². The Morgan fingerprint density at radius 1 is 1.04 bits per heavy atom. The van der Waals surface area contributed by atoms with Gasteiger partial charge in [0.05, 0.1) is 17.6 Å². The number of pyridine rings is 1. The first-order valence-corrected chi connectivity index (χ1v) is 10.9. The van der Waals surface area contributed by atoms with E-state index in [0.717, 1.165) is 37.7 Å². The standard InChI is InChI=1S/C21H29NO4S/c1-18-10-12-21(13-11-18)27(24,25)26-16-14-20(23)9-5-3-2-4-7-19-8-6-15-22-17-19/h6,8,10-13,15,17,20,23H,2-5,7,9,14,16H2,1H3/t20-/m0/s1. The van der Waals surface area contributed by atoms with Gasteiger partial charge in [0.2, 0.25) is 0 Å². The third-order valence-corrected chi connectivity index (χ3v) is 5.80. The van der Waals surface area contributed by atoms with E-state index in [1.807, 2.05) is 19.2 Å². The maximum Gasteiger partial charge on any atom is 0.296 e. The van der Waals surface area contributed by atoms with Crippen LogP contribution < -0.4 is 0 Å². The average Bonchev–Trinajstić information content (AvgIpc) is 2.65. The van der Waals surface area contributed by atoms with Crippen LogP contribution in [0.3, 0.4) is 0 Å². The van der Waals surface area contributed by atoms with Gasteiger partial charge in [-0.2, -0.15) is 8.42 Å². The first kappa shape index (κ1) is 21.5. The first-order chi connectivity index (χ1) is 13.0. The lowest BCUT2D eigenvalue weighted by molar-refractivity contribution is 0.129. The summed E-state index contributed by atoms with van der Waals surface area (Å²) in [6, 6.07) is 10.6. The molecule has 2 aromatic rings. The van der Waals surface area contributed by atoms with Crippen LogP contribution in [0.1, 0.15) is 49.7 Å². The average molecular weight is 392 g/mol. The Morgan fingerprint density at radius 2 is 1.78 bits per heavy atom. The molecule has 1 N–H and O–H groups in total. The zero-order valence-corrected chi connectivity index (χ0v) is 16.7. The highest BCUT2D eigenvalue weighted by Crippen LogP contribution is 2.15. The number of aryl methyl sites for hydroxylation is 2. The smallest absolute Gasteiger partial charge is 0.296 e. The number of aromatic nitrogens is 1. The predicted molar refractivity (Wildman–Crippen MR) is 106 cm³/mol. The van der Waals surface area contributed by atoms with Crippen LogP contribution in [0.5, 0.6) is 0 Å². The molecule has 0 saturated carbocycles. The summed E-state index contributed by atoms with van der Waals surface area (Å²) in [5, 5.41) is 10.0. The lowest BCUT2D eigenvalue weighted by atomic mass is 10.0. The number of nitrogens with zero attached hydrogens (tertiary/aromatic N) is 1. The normalized spacial score (nSPS) is 12.8. The van der Waals surface area contributed by atoms with Gasteiger partial charge in [0, 0.05) is 12.4 Å². The summed E-state index contributed by atoms with van der Waals surface area (Å²) in [6.45, 7) is 1.89. The number of aliphatic hydroxyl groups is 1. The Hall–Kier alpha value is -1.76. The monoisotopic (exact) mass is 391 g/mol. The van der Waals surface area contributed by atoms with Crippen molar-refractivity contribution < 1.29 is 17.7 Å². The highest BCUT2D eigenvalue weighted by Gasteiger charge is 2.15. The highest BCUT2D eigenvalue weighted by molar-refractivity contribution is 7.86. The quantitative estimate of drug-likeness (QED) is 0.436. The fourth-order valence-corrected chi connectivity index (χ4v) is 3.74. The van der Waals surface area contributed by atoms with Gasteiger partial charge in [0.15, 0.2) is 0 Å². The first-order valence-electron chi connectivity index (χ1n) is 9.50. The molecule has 0 fully saturated rings. The molecule has 0 unspecified atom stereocenters. The Labute approximate surface area is 162 Å². The Kier molecular flexibility index (Phi) is 8.91. The Morgan fingerprint density at radius 3 is 2.48 bits per heavy atom. The second-order valence-electron chi connectivity index (χ2n) is 6.85. The maximum absolute atomic E-state index is 12.1. The summed E-state index contributed by atoms with van der Waals surface area (Å²) >= 11 is 0. The van der Waals surface area contributed by atoms with Gasteiger partial charge in [-0.25, -0.2) is 0 Å². The molecule has 1 aromatic carbocycles. The van der Waals surface area contributed by atoms with Gasteiger partial charge in [-0.1, -0.05) is 43.0 Å². The van der Waals surface area contributed by atoms with Crippen LogP contribution in [0, 0.1) is 6.92 Å². The minimum absolute atomic E-state index is 0.00160. The van der Waals surface area contributed by atoms with E-state index in [0.29, 0.717) is 12.8 Å². The molecule has 0 bridgehead atoms. The van der Waals surface area contributed by atoms with Crippen molar-refractivity contribution in [2.24, 2.45) is 0 Å². The summed E-state index contributed by atoms with van der Waals surface area (Å²) in [6.07, 6.45) is 9.37. The van der Waals surface area contributed by atoms with Gasteiger partial charge in [-0.05, 0) is 56.4 Å². The fourth-order valence-electron chi connectivity index (χ4n) is 2.82. The minimum atomic E-state index is -3.75. The predicted octanol–water partition coefficient (Wildman–Crippen LogP) is 4.04. The Balaban J connectivity index is 1.55. The minimum Gasteiger partial charge on any atom is -0.393 e. The van der Waals surface area contributed by atoms with Crippen molar-refractivity contribution in [3.05, 3.63) is 59.9 Å². The van der Waals surface area contributed by atoms with Crippen LogP contribution in [-0.2, 0) is 20.7 Å². The molecular weight excluding hydrogens is 362 g/mol. The number of hydrogen-bond acceptors (Lipinski definition) is 5. The molecule has 1 heterocycles. The molecule has 1 aromatic heterocycles. The van der Waals surface area contributed by atoms with Crippen molar-refractivity contribution in [3.8, 4) is 0 Å². The van der Waals surface area contributed by atoms with E-state index in [2.05, 4.69) is 11.1 Å². The van der Waals surface area contributed by atoms with Crippen molar-refractivity contribution in [1.29, 1.82) is 0 Å². The summed E-state index contributed by atoms with van der Waals surface area (Å²) in [7, 11) is -3.75. The molecule has 0 aliphatic carbocycles. The molecule has 0 saturated heterocycles. The largest absolute Gasteiger partial charge is 0.393 e. The zero-order valence-electron chi connectivity index (χ0n) is 15.9. The molecule has 0 amide bonds. The van der Waals surface area contributed by atoms with Gasteiger partial charge in [0.25, 0.3) is 10.1 Å². The number of unbranched alkanes of at least 4 members (excludes halogenated alkanes) is 3. The van der Waals surface area contributed by atoms with E-state index in [1.54, 1.807) is 18.3 Å². The highest BCUT2D eigenvalue weighted by atomic mass is 32.2. The van der Waals surface area contributed by atoms with E-state index < -0.39 is 16.2 Å². The van der Waals surface area contributed by atoms with E-state index in [1.165, 1.54) is 17.7 Å². The van der Waals surface area contributed by atoms with Gasteiger partial charge >= 0.3 is 0 Å². The van der Waals surface area contributed by atoms with Crippen molar-refractivity contribution in [1.82, 2.24) is 4.98 Å². The molecule has 0 radical (unpaired) electrons. The van der Waals surface area contributed by atoms with Crippen LogP contribution in [-0.4, -0.2) is 31.2 Å². The van der Waals surface area contributed by atoms with Crippen molar-refractivity contribution in [2.45, 2.75) is 62.9 Å². The van der Waals surface area contributed by atoms with Crippen molar-refractivity contribution in [3.63, 3.8) is 0 Å². The third-order valence-electron chi connectivity index (χ3n) is 4.47. The molecule has 27 heavy (non-hydrogen) atoms. The molecule has 0 aliphatic rings. The molecular formula is C21H29NO4S. The second-order valence-corrected chi connectivity index (χ2v) is 8.46. The van der Waals surface area contributed by atoms with E-state index >= 15 is 0 Å². The van der Waals surface area contributed by atoms with Crippen LogP contribution in [0.15, 0.2) is 53.7 Å². The molecule has 5 nitrogen and oxygen atoms in total. The third kappa shape index (κ3) is 8.20. The molecule has 148 valence electrons. The van der Waals surface area contributed by atoms with Crippen LogP contribution in [0.2, 0.25) is 0 Å². The number of aliphatic hydroxyl groups excluding tert-OH is 1. The van der Waals surface area contributed by atoms with E-state index in [4.69, 9.17) is 4.18 Å². The van der Waals surface area contributed by atoms with Crippen LogP contribution in [0.25, 0.3) is 0 Å². The van der Waals surface area contributed by atoms with E-state index in [-0.39, 0.29) is 11.5 Å². The maximum atomic E-state index is 12.1. The Bertz CT molecular complexity index is 761. The molecule has 2 rings (SSSR count). The molecule has 0 aliphatic heterocycles. The summed E-state index contributed by atoms with van der Waals surface area (Å²) < 4.78 is 29.2. The molecule has 6 heteroatoms. The number of rotatable bonds is 12. The number of benzene rings is 1. The summed E-state index contributed by atoms with van der Waals surface area (Å²) in [5.74, 6) is 0. The van der Waals surface area contributed by atoms with Crippen LogP contribution >= 0.6 is 0 Å². The topological polar surface area (TPSA) is 76.5 Å². The van der Waals surface area contributed by atoms with Crippen molar-refractivity contribution in [2.75, 3.05) is 6.61 Å². The van der Waals surface area contributed by atoms with Crippen molar-refractivity contribution >= 4 is 10.1 Å². The summed E-state index contributed by atoms with van der Waals surface area (Å²) in [5.41, 5.74) is 2.24. The zero-order chi connectivity index (χ0) is 19.5. The van der Waals surface area contributed by atoms with Gasteiger partial charge in [0.1, 0.15) is 0 Å². The van der Waals surface area contributed by atoms with Crippen LogP contribution in [0.4, 0.5) is 0 Å². The molecule has 0 spiro atoms. The second kappa shape index (κ2) is 11.2. The van der Waals surface area contributed by atoms with Gasteiger partial charge in [-0.15, -0.1) is 0 Å². The number of hydrogen-bond donors (Lipinski definition) is 1. The van der Waals surface area contributed by atoms with E-state index in [9.17, 15) is 13.5 Å². The lowest BCUT2D eigenvalue weighted by Crippen LogP contribution is -2.14. The lowest BCUT2D eigenvalue weighted by Gasteiger charge is -2.11. The summed E-state index contributed by atoms with van der Waals surface area (Å²) in [4.78, 5) is 4.25. The SMILES string of the molecule is Cc1ccc(S(=O)(=O)OCC[C@@H](O)CCCCCCc2cccnc2)cc1. The molecule has 1 atom stereocenters. The fraction of sp³-hybridized carbons (Fsp3) is 0.476. The van der Waals surface area contributed by atoms with Gasteiger partial charge in [-0.3, -0.25) is 9.17 Å².